The maximum absolute atomic E-state index is 13.3. The fourth-order valence-corrected chi connectivity index (χ4v) is 6.08. The smallest absolute Gasteiger partial charge is 0.244 e. The van der Waals surface area contributed by atoms with E-state index in [0.29, 0.717) is 31.4 Å². The predicted molar refractivity (Wildman–Crippen MR) is 127 cm³/mol. The van der Waals surface area contributed by atoms with Crippen LogP contribution in [-0.2, 0) is 19.4 Å². The monoisotopic (exact) mass is 473 g/mol. The van der Waals surface area contributed by atoms with Crippen LogP contribution >= 0.6 is 11.3 Å². The van der Waals surface area contributed by atoms with Crippen molar-refractivity contribution in [3.63, 3.8) is 0 Å². The van der Waals surface area contributed by atoms with Crippen LogP contribution in [0.15, 0.2) is 47.4 Å². The Morgan fingerprint density at radius 1 is 1.09 bits per heavy atom. The maximum Gasteiger partial charge on any atom is 0.244 e. The number of fused-ring (bicyclic) bond motifs is 1. The number of aryl methyl sites for hydroxylation is 2. The summed E-state index contributed by atoms with van der Waals surface area (Å²) in [6.07, 6.45) is 0. The molecule has 1 fully saturated rings. The average molecular weight is 474 g/mol. The molecule has 2 heterocycles. The molecule has 2 aromatic carbocycles. The van der Waals surface area contributed by atoms with Gasteiger partial charge in [-0.3, -0.25) is 14.6 Å². The second-order valence-corrected chi connectivity index (χ2v) is 10.9. The number of thiazole rings is 1. The Hall–Kier alpha value is -2.33. The van der Waals surface area contributed by atoms with E-state index >= 15 is 0 Å². The highest BCUT2D eigenvalue weighted by Crippen LogP contribution is 2.33. The van der Waals surface area contributed by atoms with E-state index < -0.39 is 21.5 Å². The van der Waals surface area contributed by atoms with E-state index in [4.69, 9.17) is 9.72 Å². The van der Waals surface area contributed by atoms with Crippen molar-refractivity contribution in [2.45, 2.75) is 18.7 Å². The lowest BCUT2D eigenvalue weighted by Gasteiger charge is -2.29. The molecule has 0 radical (unpaired) electrons. The normalized spacial score (nSPS) is 15.2. The highest BCUT2D eigenvalue weighted by Gasteiger charge is 2.27. The number of carbonyl (C=O) groups excluding carboxylic acids is 1. The summed E-state index contributed by atoms with van der Waals surface area (Å²) < 4.78 is 32.2. The van der Waals surface area contributed by atoms with Gasteiger partial charge in [0.2, 0.25) is 5.91 Å². The number of rotatable bonds is 7. The summed E-state index contributed by atoms with van der Waals surface area (Å²) in [6.45, 7) is 7.93. The van der Waals surface area contributed by atoms with E-state index in [2.05, 4.69) is 4.90 Å². The summed E-state index contributed by atoms with van der Waals surface area (Å²) in [5.41, 5.74) is 2.98. The molecule has 1 aliphatic heterocycles. The number of sulfone groups is 1. The second-order valence-electron chi connectivity index (χ2n) is 7.95. The molecule has 32 heavy (non-hydrogen) atoms. The number of hydrogen-bond donors (Lipinski definition) is 0. The van der Waals surface area contributed by atoms with Crippen molar-refractivity contribution in [2.24, 2.45) is 0 Å². The van der Waals surface area contributed by atoms with Gasteiger partial charge in [0.15, 0.2) is 15.0 Å². The van der Waals surface area contributed by atoms with Gasteiger partial charge in [0.05, 0.1) is 28.3 Å². The largest absolute Gasteiger partial charge is 0.379 e. The number of nitrogens with zero attached hydrogens (tertiary/aromatic N) is 3. The van der Waals surface area contributed by atoms with Gasteiger partial charge in [-0.25, -0.2) is 13.4 Å². The molecule has 0 bridgehead atoms. The van der Waals surface area contributed by atoms with Crippen LogP contribution < -0.4 is 4.90 Å². The summed E-state index contributed by atoms with van der Waals surface area (Å²) >= 11 is 1.44. The van der Waals surface area contributed by atoms with E-state index in [1.54, 1.807) is 23.1 Å². The minimum atomic E-state index is -3.75. The summed E-state index contributed by atoms with van der Waals surface area (Å²) in [5, 5.41) is 0.541. The second kappa shape index (κ2) is 9.66. The number of anilines is 1. The first-order chi connectivity index (χ1) is 15.3. The summed E-state index contributed by atoms with van der Waals surface area (Å²) in [4.78, 5) is 22.0. The fourth-order valence-electron chi connectivity index (χ4n) is 3.71. The highest BCUT2D eigenvalue weighted by molar-refractivity contribution is 7.92. The van der Waals surface area contributed by atoms with Crippen molar-refractivity contribution in [1.29, 1.82) is 0 Å². The quantitative estimate of drug-likeness (QED) is 0.525. The molecule has 0 unspecified atom stereocenters. The molecule has 3 aromatic rings. The van der Waals surface area contributed by atoms with Crippen molar-refractivity contribution in [2.75, 3.05) is 50.0 Å². The van der Waals surface area contributed by atoms with E-state index in [9.17, 15) is 13.2 Å². The molecule has 0 saturated carbocycles. The van der Waals surface area contributed by atoms with Gasteiger partial charge in [0.1, 0.15) is 5.75 Å². The Morgan fingerprint density at radius 3 is 2.47 bits per heavy atom. The van der Waals surface area contributed by atoms with Crippen LogP contribution in [0.5, 0.6) is 0 Å². The van der Waals surface area contributed by atoms with E-state index in [0.717, 1.165) is 34.4 Å². The molecule has 0 aliphatic carbocycles. The zero-order valence-corrected chi connectivity index (χ0v) is 19.9. The first kappa shape index (κ1) is 22.8. The zero-order chi connectivity index (χ0) is 22.7. The number of ether oxygens (including phenoxy) is 1. The molecule has 0 spiro atoms. The molecule has 1 aliphatic rings. The van der Waals surface area contributed by atoms with Gasteiger partial charge in [0.25, 0.3) is 0 Å². The van der Waals surface area contributed by atoms with Crippen LogP contribution in [0.3, 0.4) is 0 Å². The fraction of sp³-hybridized carbons (Fsp3) is 0.391. The van der Waals surface area contributed by atoms with Gasteiger partial charge < -0.3 is 4.74 Å². The molecule has 170 valence electrons. The number of aromatic nitrogens is 1. The lowest BCUT2D eigenvalue weighted by molar-refractivity contribution is -0.116. The maximum atomic E-state index is 13.3. The lowest BCUT2D eigenvalue weighted by Crippen LogP contribution is -2.44. The zero-order valence-electron chi connectivity index (χ0n) is 18.3. The molecule has 0 N–H and O–H groups in total. The van der Waals surface area contributed by atoms with Crippen LogP contribution in [0.4, 0.5) is 5.13 Å². The summed E-state index contributed by atoms with van der Waals surface area (Å²) in [7, 11) is -3.75. The van der Waals surface area contributed by atoms with Crippen LogP contribution in [0, 0.1) is 13.8 Å². The third-order valence-electron chi connectivity index (χ3n) is 5.62. The van der Waals surface area contributed by atoms with Crippen LogP contribution in [-0.4, -0.2) is 69.4 Å². The molecule has 4 rings (SSSR count). The topological polar surface area (TPSA) is 79.8 Å². The number of amides is 1. The van der Waals surface area contributed by atoms with Crippen LogP contribution in [0.1, 0.15) is 11.1 Å². The van der Waals surface area contributed by atoms with Crippen molar-refractivity contribution < 1.29 is 17.9 Å². The Kier molecular flexibility index (Phi) is 6.90. The molecule has 1 aromatic heterocycles. The third-order valence-corrected chi connectivity index (χ3v) is 8.45. The standard InChI is InChI=1S/C23H27N3O4S2/c1-17-8-9-18(2)22-21(17)24-23(31-22)26(11-10-25-12-14-30-15-13-25)20(27)16-32(28,29)19-6-4-3-5-7-19/h3-9H,10-16H2,1-2H3. The van der Waals surface area contributed by atoms with Gasteiger partial charge in [-0.05, 0) is 37.1 Å². The SMILES string of the molecule is Cc1ccc(C)c2sc(N(CCN3CCOCC3)C(=O)CS(=O)(=O)c3ccccc3)nc12. The molecular formula is C23H27N3O4S2. The van der Waals surface area contributed by atoms with Gasteiger partial charge in [-0.15, -0.1) is 0 Å². The van der Waals surface area contributed by atoms with Crippen molar-refractivity contribution in [3.05, 3.63) is 53.6 Å². The molecule has 9 heteroatoms. The Balaban J connectivity index is 1.63. The minimum Gasteiger partial charge on any atom is -0.379 e. The van der Waals surface area contributed by atoms with E-state index in [-0.39, 0.29) is 4.90 Å². The number of morpholine rings is 1. The van der Waals surface area contributed by atoms with Crippen molar-refractivity contribution in [3.8, 4) is 0 Å². The van der Waals surface area contributed by atoms with Crippen molar-refractivity contribution >= 4 is 42.4 Å². The molecule has 1 amide bonds. The lowest BCUT2D eigenvalue weighted by atomic mass is 10.1. The molecule has 7 nitrogen and oxygen atoms in total. The first-order valence-corrected chi connectivity index (χ1v) is 13.1. The number of benzene rings is 2. The average Bonchev–Trinajstić information content (AvgIpc) is 3.24. The summed E-state index contributed by atoms with van der Waals surface area (Å²) in [6, 6.07) is 12.2. The van der Waals surface area contributed by atoms with Gasteiger partial charge >= 0.3 is 0 Å². The molecule has 1 saturated heterocycles. The van der Waals surface area contributed by atoms with Crippen LogP contribution in [0.25, 0.3) is 10.2 Å². The summed E-state index contributed by atoms with van der Waals surface area (Å²) in [5.74, 6) is -1.05. The Morgan fingerprint density at radius 2 is 1.78 bits per heavy atom. The molecule has 0 atom stereocenters. The third kappa shape index (κ3) is 5.01. The number of carbonyl (C=O) groups is 1. The predicted octanol–water partition coefficient (Wildman–Crippen LogP) is 3.05. The van der Waals surface area contributed by atoms with Crippen LogP contribution in [0.2, 0.25) is 0 Å². The Bertz CT molecular complexity index is 1160. The molecular weight excluding hydrogens is 446 g/mol. The van der Waals surface area contributed by atoms with Gasteiger partial charge in [-0.2, -0.15) is 0 Å². The van der Waals surface area contributed by atoms with Gasteiger partial charge in [0, 0.05) is 26.2 Å². The Labute approximate surface area is 192 Å². The minimum absolute atomic E-state index is 0.150. The van der Waals surface area contributed by atoms with Crippen molar-refractivity contribution in [1.82, 2.24) is 9.88 Å². The van der Waals surface area contributed by atoms with E-state index in [1.807, 2.05) is 26.0 Å². The number of hydrogen-bond acceptors (Lipinski definition) is 7. The highest BCUT2D eigenvalue weighted by atomic mass is 32.2. The first-order valence-electron chi connectivity index (χ1n) is 10.6. The van der Waals surface area contributed by atoms with E-state index in [1.165, 1.54) is 23.5 Å². The van der Waals surface area contributed by atoms with Gasteiger partial charge in [-0.1, -0.05) is 41.7 Å².